The molecule has 0 radical (unpaired) electrons. The zero-order valence-corrected chi connectivity index (χ0v) is 26.0. The van der Waals surface area contributed by atoms with Crippen LogP contribution in [0, 0.1) is 5.82 Å². The van der Waals surface area contributed by atoms with Gasteiger partial charge in [-0.1, -0.05) is 54.6 Å². The van der Waals surface area contributed by atoms with Crippen molar-refractivity contribution in [3.8, 4) is 11.5 Å². The lowest BCUT2D eigenvalue weighted by molar-refractivity contribution is -0.128. The molecule has 0 spiro atoms. The van der Waals surface area contributed by atoms with E-state index in [1.165, 1.54) is 12.1 Å². The van der Waals surface area contributed by atoms with Gasteiger partial charge in [0.2, 0.25) is 5.90 Å². The number of aliphatic hydroxyl groups is 1. The lowest BCUT2D eigenvalue weighted by Crippen LogP contribution is -2.50. The number of methoxy groups -OCH3 is 1. The quantitative estimate of drug-likeness (QED) is 0.154. The van der Waals surface area contributed by atoms with Gasteiger partial charge in [-0.3, -0.25) is 4.79 Å². The lowest BCUT2D eigenvalue weighted by Gasteiger charge is -2.31. The van der Waals surface area contributed by atoms with Gasteiger partial charge in [-0.15, -0.1) is 0 Å². The van der Waals surface area contributed by atoms with Crippen LogP contribution < -0.4 is 14.8 Å². The summed E-state index contributed by atoms with van der Waals surface area (Å²) in [6.07, 6.45) is 0.132. The van der Waals surface area contributed by atoms with Gasteiger partial charge >= 0.3 is 0 Å². The number of benzene rings is 4. The largest absolute Gasteiger partial charge is 0.497 e. The number of nitrogens with one attached hydrogen (secondary N) is 1. The Hall–Kier alpha value is -4.34. The Bertz CT molecular complexity index is 1570. The molecule has 0 aromatic heterocycles. The smallest absolute Gasteiger partial charge is 0.252 e. The second kappa shape index (κ2) is 15.6. The fourth-order valence-electron chi connectivity index (χ4n) is 5.15. The number of amides is 1. The Morgan fingerprint density at radius 1 is 0.978 bits per heavy atom. The first-order chi connectivity index (χ1) is 22.0. The number of nitrogens with zero attached hydrogens (tertiary/aromatic N) is 1. The van der Waals surface area contributed by atoms with Gasteiger partial charge in [0.15, 0.2) is 11.6 Å². The molecule has 0 bridgehead atoms. The molecule has 45 heavy (non-hydrogen) atoms. The van der Waals surface area contributed by atoms with E-state index in [9.17, 15) is 9.18 Å². The minimum atomic E-state index is -1.30. The van der Waals surface area contributed by atoms with Crippen molar-refractivity contribution in [2.45, 2.75) is 30.2 Å². The Morgan fingerprint density at radius 3 is 2.49 bits per heavy atom. The van der Waals surface area contributed by atoms with Crippen LogP contribution in [0.4, 0.5) is 4.39 Å². The minimum absolute atomic E-state index is 0.0624. The molecule has 2 N–H and O–H groups in total. The maximum absolute atomic E-state index is 14.3. The summed E-state index contributed by atoms with van der Waals surface area (Å²) in [5, 5.41) is 12.2. The molecule has 1 aliphatic rings. The van der Waals surface area contributed by atoms with Crippen LogP contribution >= 0.6 is 11.8 Å². The topological polar surface area (TPSA) is 89.4 Å². The molecular formula is C36H37FN2O5S. The van der Waals surface area contributed by atoms with Gasteiger partial charge in [0, 0.05) is 43.1 Å². The SMILES string of the molecule is COc1cccc([C@H]2OC(c3ccc(OCCCO)cc3)=N[C@@]2(Cc2ccccc2)C(=O)NCCSCc2ccc(F)cc2)c1. The van der Waals surface area contributed by atoms with Crippen molar-refractivity contribution in [1.29, 1.82) is 0 Å². The van der Waals surface area contributed by atoms with E-state index in [-0.39, 0.29) is 18.3 Å². The van der Waals surface area contributed by atoms with E-state index in [1.807, 2.05) is 78.9 Å². The molecule has 7 nitrogen and oxygen atoms in total. The number of thioether (sulfide) groups is 1. The van der Waals surface area contributed by atoms with Gasteiger partial charge in [-0.25, -0.2) is 9.38 Å². The number of halogens is 1. The van der Waals surface area contributed by atoms with E-state index in [0.29, 0.717) is 54.9 Å². The molecule has 9 heteroatoms. The molecule has 1 heterocycles. The van der Waals surface area contributed by atoms with E-state index in [0.717, 1.165) is 22.3 Å². The number of aliphatic imine (C=N–C) groups is 1. The predicted molar refractivity (Wildman–Crippen MR) is 175 cm³/mol. The Kier molecular flexibility index (Phi) is 11.1. The summed E-state index contributed by atoms with van der Waals surface area (Å²) < 4.78 is 31.1. The van der Waals surface area contributed by atoms with Crippen LogP contribution in [0.3, 0.4) is 0 Å². The van der Waals surface area contributed by atoms with Gasteiger partial charge in [-0.2, -0.15) is 11.8 Å². The average Bonchev–Trinajstić information content (AvgIpc) is 3.46. The number of carbonyl (C=O) groups excluding carboxylic acids is 1. The lowest BCUT2D eigenvalue weighted by atomic mass is 9.82. The molecule has 4 aromatic rings. The Balaban J connectivity index is 1.43. The minimum Gasteiger partial charge on any atom is -0.497 e. The van der Waals surface area contributed by atoms with E-state index in [2.05, 4.69) is 5.32 Å². The molecule has 5 rings (SSSR count). The van der Waals surface area contributed by atoms with Gasteiger partial charge in [0.1, 0.15) is 17.3 Å². The highest BCUT2D eigenvalue weighted by Gasteiger charge is 2.53. The molecule has 1 amide bonds. The number of carbonyl (C=O) groups is 1. The summed E-state index contributed by atoms with van der Waals surface area (Å²) >= 11 is 1.66. The number of hydrogen-bond acceptors (Lipinski definition) is 7. The summed E-state index contributed by atoms with van der Waals surface area (Å²) in [7, 11) is 1.61. The molecule has 0 saturated heterocycles. The van der Waals surface area contributed by atoms with Crippen molar-refractivity contribution < 1.29 is 28.5 Å². The molecule has 0 aliphatic carbocycles. The third-order valence-corrected chi connectivity index (χ3v) is 8.49. The Morgan fingerprint density at radius 2 is 1.76 bits per heavy atom. The molecule has 234 valence electrons. The number of ether oxygens (including phenoxy) is 3. The normalized spacial score (nSPS) is 17.3. The third kappa shape index (κ3) is 8.23. The first-order valence-corrected chi connectivity index (χ1v) is 16.0. The zero-order chi connectivity index (χ0) is 31.5. The molecule has 0 unspecified atom stereocenters. The Labute approximate surface area is 267 Å². The van der Waals surface area contributed by atoms with Crippen molar-refractivity contribution in [1.82, 2.24) is 5.32 Å². The van der Waals surface area contributed by atoms with Crippen LogP contribution in [0.1, 0.15) is 34.8 Å². The van der Waals surface area contributed by atoms with E-state index < -0.39 is 11.6 Å². The number of hydrogen-bond donors (Lipinski definition) is 2. The third-order valence-electron chi connectivity index (χ3n) is 7.46. The van der Waals surface area contributed by atoms with E-state index in [1.54, 1.807) is 31.0 Å². The fourth-order valence-corrected chi connectivity index (χ4v) is 5.97. The van der Waals surface area contributed by atoms with Crippen molar-refractivity contribution in [3.63, 3.8) is 0 Å². The monoisotopic (exact) mass is 628 g/mol. The zero-order valence-electron chi connectivity index (χ0n) is 25.2. The van der Waals surface area contributed by atoms with Gasteiger partial charge in [0.25, 0.3) is 5.91 Å². The summed E-state index contributed by atoms with van der Waals surface area (Å²) in [5.74, 6) is 2.57. The van der Waals surface area contributed by atoms with Gasteiger partial charge < -0.3 is 24.6 Å². The summed E-state index contributed by atoms with van der Waals surface area (Å²) in [6.45, 7) is 0.900. The first-order valence-electron chi connectivity index (χ1n) is 14.9. The van der Waals surface area contributed by atoms with Crippen molar-refractivity contribution in [3.05, 3.63) is 131 Å². The second-order valence-electron chi connectivity index (χ2n) is 10.7. The predicted octanol–water partition coefficient (Wildman–Crippen LogP) is 6.14. The maximum Gasteiger partial charge on any atom is 0.252 e. The van der Waals surface area contributed by atoms with Gasteiger partial charge in [0.05, 0.1) is 13.7 Å². The summed E-state index contributed by atoms with van der Waals surface area (Å²) in [5.41, 5.74) is 2.16. The van der Waals surface area contributed by atoms with E-state index in [4.69, 9.17) is 24.3 Å². The number of aliphatic hydroxyl groups excluding tert-OH is 1. The molecule has 2 atom stereocenters. The standard InChI is InChI=1S/C36H37FN2O5S/c1-42-32-10-5-9-29(23-32)33-36(24-26-7-3-2-4-8-26,35(41)38-19-22-45-25-27-11-15-30(37)16-12-27)39-34(44-33)28-13-17-31(18-14-28)43-21-6-20-40/h2-5,7-18,23,33,40H,6,19-22,24-25H2,1H3,(H,38,41)/t33-,36-/m1/s1. The molecule has 4 aromatic carbocycles. The second-order valence-corrected chi connectivity index (χ2v) is 11.8. The highest BCUT2D eigenvalue weighted by molar-refractivity contribution is 7.98. The summed E-state index contributed by atoms with van der Waals surface area (Å²) in [6, 6.07) is 31.2. The van der Waals surface area contributed by atoms with E-state index >= 15 is 0 Å². The van der Waals surface area contributed by atoms with Crippen molar-refractivity contribution in [2.75, 3.05) is 32.6 Å². The van der Waals surface area contributed by atoms with Crippen LogP contribution in [0.15, 0.2) is 108 Å². The van der Waals surface area contributed by atoms with Crippen LogP contribution in [0.25, 0.3) is 0 Å². The maximum atomic E-state index is 14.3. The molecule has 0 fully saturated rings. The van der Waals surface area contributed by atoms with Crippen LogP contribution in [0.5, 0.6) is 11.5 Å². The van der Waals surface area contributed by atoms with Crippen LogP contribution in [-0.4, -0.2) is 55.1 Å². The summed E-state index contributed by atoms with van der Waals surface area (Å²) in [4.78, 5) is 19.4. The van der Waals surface area contributed by atoms with Crippen molar-refractivity contribution >= 4 is 23.6 Å². The van der Waals surface area contributed by atoms with Gasteiger partial charge in [-0.05, 0) is 65.2 Å². The highest BCUT2D eigenvalue weighted by atomic mass is 32.2. The van der Waals surface area contributed by atoms with Crippen molar-refractivity contribution in [2.24, 2.45) is 4.99 Å². The fraction of sp³-hybridized carbons (Fsp3) is 0.278. The van der Waals surface area contributed by atoms with Crippen LogP contribution in [0.2, 0.25) is 0 Å². The molecule has 1 aliphatic heterocycles. The highest BCUT2D eigenvalue weighted by Crippen LogP contribution is 2.43. The molecular weight excluding hydrogens is 591 g/mol. The number of rotatable bonds is 15. The first kappa shape index (κ1) is 32.1. The average molecular weight is 629 g/mol. The van der Waals surface area contributed by atoms with Crippen LogP contribution in [-0.2, 0) is 21.7 Å². The molecule has 0 saturated carbocycles.